The molecule has 118 valence electrons. The molecular weight excluding hydrogens is 274 g/mol. The fraction of sp³-hybridized carbons (Fsp3) is 0.571. The van der Waals surface area contributed by atoms with Crippen molar-refractivity contribution in [2.45, 2.75) is 18.9 Å². The van der Waals surface area contributed by atoms with Crippen molar-refractivity contribution < 1.29 is 19.1 Å². The van der Waals surface area contributed by atoms with Crippen LogP contribution in [0.4, 0.5) is 0 Å². The highest BCUT2D eigenvalue weighted by molar-refractivity contribution is 6.35. The molecule has 1 heterocycles. The Hall–Kier alpha value is -1.86. The highest BCUT2D eigenvalue weighted by atomic mass is 16.3. The molecule has 21 heavy (non-hydrogen) atoms. The first-order chi connectivity index (χ1) is 9.80. The zero-order chi connectivity index (χ0) is 15.9. The van der Waals surface area contributed by atoms with Crippen molar-refractivity contribution in [1.29, 1.82) is 0 Å². The van der Waals surface area contributed by atoms with E-state index in [4.69, 9.17) is 4.42 Å². The minimum atomic E-state index is -1.18. The van der Waals surface area contributed by atoms with Crippen molar-refractivity contribution in [3.05, 3.63) is 24.2 Å². The van der Waals surface area contributed by atoms with Crippen molar-refractivity contribution in [2.24, 2.45) is 0 Å². The molecule has 0 spiro atoms. The number of amides is 2. The predicted octanol–water partition coefficient (Wildman–Crippen LogP) is -0.633. The van der Waals surface area contributed by atoms with Gasteiger partial charge in [-0.15, -0.1) is 0 Å². The number of likely N-dealkylation sites (N-methyl/N-ethyl adjacent to an activating group) is 1. The standard InChI is InChI=1S/C14H23N3O4/c1-14(20,9-11-5-4-8-21-11)10-16-13(19)12(18)15-6-7-17(2)3/h4-5,8,20H,6-7,9-10H2,1-3H3,(H,15,18)(H,16,19). The van der Waals surface area contributed by atoms with E-state index in [0.717, 1.165) is 0 Å². The van der Waals surface area contributed by atoms with Gasteiger partial charge in [-0.1, -0.05) is 0 Å². The van der Waals surface area contributed by atoms with E-state index in [0.29, 0.717) is 18.8 Å². The predicted molar refractivity (Wildman–Crippen MR) is 77.6 cm³/mol. The van der Waals surface area contributed by atoms with E-state index in [9.17, 15) is 14.7 Å². The summed E-state index contributed by atoms with van der Waals surface area (Å²) < 4.78 is 5.14. The van der Waals surface area contributed by atoms with Gasteiger partial charge in [0.1, 0.15) is 5.76 Å². The molecule has 0 saturated heterocycles. The third-order valence-electron chi connectivity index (χ3n) is 2.82. The van der Waals surface area contributed by atoms with Crippen LogP contribution in [0.3, 0.4) is 0 Å². The van der Waals surface area contributed by atoms with Gasteiger partial charge in [0.15, 0.2) is 0 Å². The van der Waals surface area contributed by atoms with Gasteiger partial charge in [0.05, 0.1) is 11.9 Å². The van der Waals surface area contributed by atoms with E-state index >= 15 is 0 Å². The molecule has 1 aromatic rings. The van der Waals surface area contributed by atoms with Gasteiger partial charge in [0, 0.05) is 26.1 Å². The van der Waals surface area contributed by atoms with Crippen molar-refractivity contribution in [3.8, 4) is 0 Å². The van der Waals surface area contributed by atoms with E-state index in [1.807, 2.05) is 19.0 Å². The molecule has 0 aliphatic carbocycles. The second-order valence-electron chi connectivity index (χ2n) is 5.49. The summed E-state index contributed by atoms with van der Waals surface area (Å²) >= 11 is 0. The second-order valence-corrected chi connectivity index (χ2v) is 5.49. The van der Waals surface area contributed by atoms with Crippen LogP contribution in [0.25, 0.3) is 0 Å². The zero-order valence-corrected chi connectivity index (χ0v) is 12.7. The minimum absolute atomic E-state index is 0.0341. The minimum Gasteiger partial charge on any atom is -0.469 e. The Bertz CT molecular complexity index is 455. The van der Waals surface area contributed by atoms with Crippen LogP contribution in [0.5, 0.6) is 0 Å². The summed E-state index contributed by atoms with van der Waals surface area (Å²) in [5.74, 6) is -0.844. The summed E-state index contributed by atoms with van der Waals surface area (Å²) in [4.78, 5) is 25.0. The molecule has 1 aromatic heterocycles. The van der Waals surface area contributed by atoms with Crippen LogP contribution in [-0.4, -0.2) is 61.2 Å². The van der Waals surface area contributed by atoms with Crippen LogP contribution in [-0.2, 0) is 16.0 Å². The number of rotatable bonds is 7. The summed E-state index contributed by atoms with van der Waals surface area (Å²) in [6.45, 7) is 2.57. The summed E-state index contributed by atoms with van der Waals surface area (Å²) in [6, 6.07) is 3.46. The van der Waals surface area contributed by atoms with Crippen molar-refractivity contribution in [1.82, 2.24) is 15.5 Å². The van der Waals surface area contributed by atoms with Gasteiger partial charge in [-0.3, -0.25) is 9.59 Å². The van der Waals surface area contributed by atoms with Crippen molar-refractivity contribution in [2.75, 3.05) is 33.7 Å². The molecule has 1 rings (SSSR count). The quantitative estimate of drug-likeness (QED) is 0.582. The lowest BCUT2D eigenvalue weighted by molar-refractivity contribution is -0.139. The number of nitrogens with one attached hydrogen (secondary N) is 2. The first kappa shape index (κ1) is 17.2. The smallest absolute Gasteiger partial charge is 0.309 e. The highest BCUT2D eigenvalue weighted by Crippen LogP contribution is 2.12. The molecule has 0 aliphatic heterocycles. The van der Waals surface area contributed by atoms with Gasteiger partial charge < -0.3 is 25.1 Å². The summed E-state index contributed by atoms with van der Waals surface area (Å²) in [5, 5.41) is 15.1. The molecule has 0 bridgehead atoms. The Kier molecular flexibility index (Phi) is 6.39. The zero-order valence-electron chi connectivity index (χ0n) is 12.7. The molecule has 7 heteroatoms. The monoisotopic (exact) mass is 297 g/mol. The molecule has 0 saturated carbocycles. The van der Waals surface area contributed by atoms with Gasteiger partial charge in [0.25, 0.3) is 0 Å². The van der Waals surface area contributed by atoms with E-state index in [2.05, 4.69) is 10.6 Å². The number of aliphatic hydroxyl groups is 1. The van der Waals surface area contributed by atoms with Gasteiger partial charge in [-0.2, -0.15) is 0 Å². The molecule has 2 amide bonds. The van der Waals surface area contributed by atoms with Crippen LogP contribution >= 0.6 is 0 Å². The fourth-order valence-corrected chi connectivity index (χ4v) is 1.68. The van der Waals surface area contributed by atoms with E-state index in [-0.39, 0.29) is 13.0 Å². The van der Waals surface area contributed by atoms with E-state index < -0.39 is 17.4 Å². The van der Waals surface area contributed by atoms with Crippen LogP contribution in [0, 0.1) is 0 Å². The number of carbonyl (C=O) groups is 2. The molecule has 7 nitrogen and oxygen atoms in total. The summed E-state index contributed by atoms with van der Waals surface area (Å²) in [6.07, 6.45) is 1.77. The Morgan fingerprint density at radius 3 is 2.57 bits per heavy atom. The summed E-state index contributed by atoms with van der Waals surface area (Å²) in [7, 11) is 3.75. The van der Waals surface area contributed by atoms with Gasteiger partial charge in [0.2, 0.25) is 0 Å². The molecule has 0 fully saturated rings. The number of hydrogen-bond donors (Lipinski definition) is 3. The SMILES string of the molecule is CN(C)CCNC(=O)C(=O)NCC(C)(O)Cc1ccco1. The third-order valence-corrected chi connectivity index (χ3v) is 2.82. The normalized spacial score (nSPS) is 13.8. The maximum Gasteiger partial charge on any atom is 0.309 e. The van der Waals surface area contributed by atoms with E-state index in [1.54, 1.807) is 19.1 Å². The van der Waals surface area contributed by atoms with Crippen molar-refractivity contribution >= 4 is 11.8 Å². The third kappa shape index (κ3) is 6.92. The van der Waals surface area contributed by atoms with Crippen LogP contribution in [0.2, 0.25) is 0 Å². The Morgan fingerprint density at radius 1 is 1.33 bits per heavy atom. The molecule has 1 unspecified atom stereocenters. The first-order valence-electron chi connectivity index (χ1n) is 6.76. The van der Waals surface area contributed by atoms with Crippen molar-refractivity contribution in [3.63, 3.8) is 0 Å². The maximum atomic E-state index is 11.6. The lowest BCUT2D eigenvalue weighted by Crippen LogP contribution is -2.48. The van der Waals surface area contributed by atoms with Gasteiger partial charge in [-0.05, 0) is 33.2 Å². The maximum absolute atomic E-state index is 11.6. The van der Waals surface area contributed by atoms with Crippen LogP contribution < -0.4 is 10.6 Å². The van der Waals surface area contributed by atoms with Gasteiger partial charge in [-0.25, -0.2) is 0 Å². The summed E-state index contributed by atoms with van der Waals surface area (Å²) in [5.41, 5.74) is -1.18. The second kappa shape index (κ2) is 7.80. The van der Waals surface area contributed by atoms with E-state index in [1.165, 1.54) is 6.26 Å². The Labute approximate surface area is 124 Å². The van der Waals surface area contributed by atoms with Gasteiger partial charge >= 0.3 is 11.8 Å². The lowest BCUT2D eigenvalue weighted by Gasteiger charge is -2.22. The first-order valence-corrected chi connectivity index (χ1v) is 6.76. The number of carbonyl (C=O) groups excluding carboxylic acids is 2. The number of furan rings is 1. The Balaban J connectivity index is 2.32. The average Bonchev–Trinajstić information content (AvgIpc) is 2.87. The average molecular weight is 297 g/mol. The molecular formula is C14H23N3O4. The largest absolute Gasteiger partial charge is 0.469 e. The van der Waals surface area contributed by atoms with Crippen LogP contribution in [0.1, 0.15) is 12.7 Å². The number of hydrogen-bond acceptors (Lipinski definition) is 5. The number of nitrogens with zero attached hydrogens (tertiary/aromatic N) is 1. The molecule has 0 aromatic carbocycles. The molecule has 1 atom stereocenters. The fourth-order valence-electron chi connectivity index (χ4n) is 1.68. The topological polar surface area (TPSA) is 94.8 Å². The lowest BCUT2D eigenvalue weighted by atomic mass is 10.0. The van der Waals surface area contributed by atoms with Crippen LogP contribution in [0.15, 0.2) is 22.8 Å². The molecule has 3 N–H and O–H groups in total. The Morgan fingerprint density at radius 2 is 2.00 bits per heavy atom. The molecule has 0 radical (unpaired) electrons. The highest BCUT2D eigenvalue weighted by Gasteiger charge is 2.24. The molecule has 0 aliphatic rings.